The van der Waals surface area contributed by atoms with Crippen molar-refractivity contribution in [3.63, 3.8) is 0 Å². The lowest BCUT2D eigenvalue weighted by Gasteiger charge is -2.42. The molecule has 6 atom stereocenters. The summed E-state index contributed by atoms with van der Waals surface area (Å²) in [4.78, 5) is 51.5. The monoisotopic (exact) mass is 644 g/mol. The van der Waals surface area contributed by atoms with E-state index in [1.165, 1.54) is 11.8 Å². The van der Waals surface area contributed by atoms with E-state index >= 15 is 0 Å². The second-order valence-electron chi connectivity index (χ2n) is 12.0. The molecule has 0 radical (unpaired) electrons. The number of hydrogen-bond acceptors (Lipinski definition) is 10. The molecular formula is C33H36N6O6S. The Balaban J connectivity index is 1.23. The lowest BCUT2D eigenvalue weighted by atomic mass is 9.64. The number of primary amides is 1. The zero-order chi connectivity index (χ0) is 32.7. The van der Waals surface area contributed by atoms with Crippen LogP contribution in [0.4, 0.5) is 10.5 Å². The van der Waals surface area contributed by atoms with Crippen molar-refractivity contribution >= 4 is 41.1 Å². The van der Waals surface area contributed by atoms with Crippen molar-refractivity contribution in [1.82, 2.24) is 10.6 Å². The van der Waals surface area contributed by atoms with Gasteiger partial charge in [-0.2, -0.15) is 0 Å². The Morgan fingerprint density at radius 3 is 2.37 bits per heavy atom. The number of thioether (sulfide) groups is 1. The highest BCUT2D eigenvalue weighted by Gasteiger charge is 2.57. The maximum Gasteiger partial charge on any atom is 0.405 e. The number of anilines is 1. The van der Waals surface area contributed by atoms with E-state index in [1.54, 1.807) is 24.3 Å². The third-order valence-electron chi connectivity index (χ3n) is 8.98. The topological polar surface area (TPSA) is 215 Å². The van der Waals surface area contributed by atoms with Gasteiger partial charge >= 0.3 is 6.09 Å². The highest BCUT2D eigenvalue weighted by atomic mass is 32.2. The van der Waals surface area contributed by atoms with E-state index in [0.717, 1.165) is 11.1 Å². The van der Waals surface area contributed by atoms with Crippen molar-refractivity contribution < 1.29 is 28.7 Å². The number of nitrogens with two attached hydrogens (primary N) is 4. The molecular weight excluding hydrogens is 608 g/mol. The number of benzene rings is 3. The summed E-state index contributed by atoms with van der Waals surface area (Å²) in [5.41, 5.74) is 26.7. The second kappa shape index (κ2) is 12.3. The fraction of sp³-hybridized carbons (Fsp3) is 0.333. The molecule has 46 heavy (non-hydrogen) atoms. The summed E-state index contributed by atoms with van der Waals surface area (Å²) in [6.45, 7) is 1.40. The zero-order valence-electron chi connectivity index (χ0n) is 25.2. The summed E-state index contributed by atoms with van der Waals surface area (Å²) in [5.74, 6) is -0.470. The van der Waals surface area contributed by atoms with Gasteiger partial charge in [0.15, 0.2) is 12.4 Å². The molecule has 0 spiro atoms. The average Bonchev–Trinajstić information content (AvgIpc) is 3.64. The number of nitrogens with one attached hydrogen (secondary N) is 2. The lowest BCUT2D eigenvalue weighted by molar-refractivity contribution is -0.126. The molecule has 6 rings (SSSR count). The van der Waals surface area contributed by atoms with Gasteiger partial charge in [-0.05, 0) is 78.8 Å². The van der Waals surface area contributed by atoms with Gasteiger partial charge in [-0.3, -0.25) is 14.4 Å². The average molecular weight is 645 g/mol. The summed E-state index contributed by atoms with van der Waals surface area (Å²) < 4.78 is 10.5. The number of Topliss-reactive ketones (excluding diaryl/α,β-unsaturated/α-hetero) is 1. The molecule has 3 amide bonds. The normalized spacial score (nSPS) is 26.2. The molecule has 1 fully saturated rings. The molecule has 1 heterocycles. The van der Waals surface area contributed by atoms with Gasteiger partial charge in [0.05, 0.1) is 11.3 Å². The first-order chi connectivity index (χ1) is 22.0. The molecule has 0 saturated heterocycles. The Kier molecular flexibility index (Phi) is 8.40. The maximum atomic E-state index is 14.2. The molecule has 0 aromatic heterocycles. The molecule has 13 heteroatoms. The summed E-state index contributed by atoms with van der Waals surface area (Å²) in [6, 6.07) is 16.8. The van der Waals surface area contributed by atoms with Crippen LogP contribution in [0.1, 0.15) is 47.4 Å². The number of aryl methyl sites for hydroxylation is 1. The van der Waals surface area contributed by atoms with Crippen molar-refractivity contribution in [2.24, 2.45) is 17.2 Å². The number of carbonyl (C=O) groups is 4. The summed E-state index contributed by atoms with van der Waals surface area (Å²) >= 11 is 1.30. The first kappa shape index (κ1) is 31.4. The maximum absolute atomic E-state index is 14.2. The van der Waals surface area contributed by atoms with Gasteiger partial charge in [-0.15, -0.1) is 11.8 Å². The van der Waals surface area contributed by atoms with Crippen molar-refractivity contribution in [1.29, 1.82) is 0 Å². The number of para-hydroxylation sites is 1. The molecule has 1 saturated carbocycles. The molecule has 3 aromatic carbocycles. The van der Waals surface area contributed by atoms with Gasteiger partial charge in [0.2, 0.25) is 5.91 Å². The number of ketones is 1. The van der Waals surface area contributed by atoms with E-state index in [-0.39, 0.29) is 23.8 Å². The molecule has 1 aliphatic heterocycles. The molecule has 12 nitrogen and oxygen atoms in total. The molecule has 3 aliphatic rings. The van der Waals surface area contributed by atoms with Crippen molar-refractivity contribution in [2.75, 3.05) is 12.3 Å². The fourth-order valence-electron chi connectivity index (χ4n) is 6.90. The first-order valence-electron chi connectivity index (χ1n) is 15.0. The van der Waals surface area contributed by atoms with Crippen LogP contribution in [0.5, 0.6) is 11.5 Å². The predicted octanol–water partition coefficient (Wildman–Crippen LogP) is 2.29. The number of amides is 3. The SMILES string of the molecule is Cc1cc(Oc2ccccc2)ccc1C1(N)C(=O)C(N)C2c3c1ccc(N)c3SC2C(=O)N[C@H]1CC[C@@H](NC(=O)COC(N)=O)C1. The van der Waals surface area contributed by atoms with Crippen LogP contribution in [0.25, 0.3) is 0 Å². The second-order valence-corrected chi connectivity index (χ2v) is 13.1. The molecule has 10 N–H and O–H groups in total. The fourth-order valence-corrected chi connectivity index (χ4v) is 8.35. The standard InChI is InChI=1S/C33H36N6O6S/c1-16-13-20(45-19-5-3-2-4-6-19)9-10-21(16)33(37)22-11-12-23(34)28-25(22)26(27(35)30(33)41)29(46-28)31(42)39-18-8-7-17(14-18)38-24(40)15-44-32(36)43/h2-6,9-13,17-18,26-27,29H,7-8,14-15,34-35,37H2,1H3,(H2,36,43)(H,38,40)(H,39,42)/t17-,18+,26?,27?,29?,33?/m1/s1. The number of nitrogen functional groups attached to an aromatic ring is 1. The van der Waals surface area contributed by atoms with Gasteiger partial charge in [0.1, 0.15) is 17.0 Å². The highest BCUT2D eigenvalue weighted by molar-refractivity contribution is 8.01. The van der Waals surface area contributed by atoms with Crippen LogP contribution >= 0.6 is 11.8 Å². The smallest absolute Gasteiger partial charge is 0.405 e. The van der Waals surface area contributed by atoms with E-state index in [0.29, 0.717) is 52.5 Å². The van der Waals surface area contributed by atoms with Crippen LogP contribution in [-0.2, 0) is 24.7 Å². The highest BCUT2D eigenvalue weighted by Crippen LogP contribution is 2.56. The van der Waals surface area contributed by atoms with Crippen molar-refractivity contribution in [3.05, 3.63) is 82.9 Å². The predicted molar refractivity (Wildman–Crippen MR) is 172 cm³/mol. The van der Waals surface area contributed by atoms with Crippen LogP contribution in [0.15, 0.2) is 65.6 Å². The van der Waals surface area contributed by atoms with Gasteiger partial charge in [-0.25, -0.2) is 4.79 Å². The molecule has 240 valence electrons. The van der Waals surface area contributed by atoms with Gasteiger partial charge in [-0.1, -0.05) is 30.3 Å². The minimum Gasteiger partial charge on any atom is -0.457 e. The molecule has 4 unspecified atom stereocenters. The number of carbonyl (C=O) groups excluding carboxylic acids is 4. The van der Waals surface area contributed by atoms with Crippen LogP contribution < -0.4 is 38.3 Å². The quantitative estimate of drug-likeness (QED) is 0.197. The Hall–Kier alpha value is -4.59. The van der Waals surface area contributed by atoms with Gasteiger partial charge < -0.3 is 43.0 Å². The van der Waals surface area contributed by atoms with Crippen LogP contribution in [0.3, 0.4) is 0 Å². The van der Waals surface area contributed by atoms with Gasteiger partial charge in [0.25, 0.3) is 5.91 Å². The number of rotatable bonds is 8. The summed E-state index contributed by atoms with van der Waals surface area (Å²) in [5, 5.41) is 5.18. The van der Waals surface area contributed by atoms with E-state index in [9.17, 15) is 19.2 Å². The Bertz CT molecular complexity index is 1720. The van der Waals surface area contributed by atoms with Crippen molar-refractivity contribution in [2.45, 2.75) is 65.9 Å². The van der Waals surface area contributed by atoms with Crippen LogP contribution in [0, 0.1) is 6.92 Å². The van der Waals surface area contributed by atoms with E-state index < -0.39 is 41.4 Å². The Labute approximate surface area is 269 Å². The van der Waals surface area contributed by atoms with Crippen LogP contribution in [-0.4, -0.2) is 53.7 Å². The minimum absolute atomic E-state index is 0.200. The third-order valence-corrected chi connectivity index (χ3v) is 10.4. The van der Waals surface area contributed by atoms with Gasteiger partial charge in [0, 0.05) is 28.6 Å². The minimum atomic E-state index is -1.57. The van der Waals surface area contributed by atoms with E-state index in [4.69, 9.17) is 27.7 Å². The Morgan fingerprint density at radius 1 is 0.978 bits per heavy atom. The van der Waals surface area contributed by atoms with E-state index in [1.807, 2.05) is 43.3 Å². The first-order valence-corrected chi connectivity index (χ1v) is 15.9. The van der Waals surface area contributed by atoms with Crippen molar-refractivity contribution in [3.8, 4) is 11.5 Å². The molecule has 0 bridgehead atoms. The number of hydrogen-bond donors (Lipinski definition) is 6. The lowest BCUT2D eigenvalue weighted by Crippen LogP contribution is -2.60. The largest absolute Gasteiger partial charge is 0.457 e. The third kappa shape index (κ3) is 5.65. The molecule has 3 aromatic rings. The summed E-state index contributed by atoms with van der Waals surface area (Å²) in [6.07, 6.45) is 0.735. The molecule has 2 aliphatic carbocycles. The number of ether oxygens (including phenoxy) is 2. The zero-order valence-corrected chi connectivity index (χ0v) is 26.0. The Morgan fingerprint density at radius 2 is 1.67 bits per heavy atom. The summed E-state index contributed by atoms with van der Waals surface area (Å²) in [7, 11) is 0. The van der Waals surface area contributed by atoms with E-state index in [2.05, 4.69) is 15.4 Å². The van der Waals surface area contributed by atoms with Crippen LogP contribution in [0.2, 0.25) is 0 Å².